The second-order valence-corrected chi connectivity index (χ2v) is 7.97. The van der Waals surface area contributed by atoms with Gasteiger partial charge in [0.05, 0.1) is 6.33 Å². The second-order valence-electron chi connectivity index (χ2n) is 6.75. The van der Waals surface area contributed by atoms with Gasteiger partial charge in [-0.2, -0.15) is 11.8 Å². The van der Waals surface area contributed by atoms with E-state index in [1.165, 1.54) is 30.2 Å². The van der Waals surface area contributed by atoms with E-state index in [9.17, 15) is 4.79 Å². The number of carbonyl (C=O) groups excluding carboxylic acids is 1. The van der Waals surface area contributed by atoms with Gasteiger partial charge >= 0.3 is 0 Å². The fourth-order valence-corrected chi connectivity index (χ4v) is 4.17. The molecule has 1 amide bonds. The lowest BCUT2D eigenvalue weighted by Gasteiger charge is -2.26. The third-order valence-electron chi connectivity index (χ3n) is 4.82. The van der Waals surface area contributed by atoms with Crippen molar-refractivity contribution in [2.24, 2.45) is 7.05 Å². The fourth-order valence-electron chi connectivity index (χ4n) is 3.19. The molecule has 27 heavy (non-hydrogen) atoms. The molecule has 3 heterocycles. The van der Waals surface area contributed by atoms with E-state index in [-0.39, 0.29) is 5.91 Å². The van der Waals surface area contributed by atoms with Gasteiger partial charge in [0.2, 0.25) is 0 Å². The summed E-state index contributed by atoms with van der Waals surface area (Å²) in [6.07, 6.45) is 2.73. The average molecular weight is 382 g/mol. The molecule has 1 saturated heterocycles. The van der Waals surface area contributed by atoms with Crippen LogP contribution in [0.3, 0.4) is 0 Å². The van der Waals surface area contributed by atoms with E-state index in [4.69, 9.17) is 0 Å². The van der Waals surface area contributed by atoms with Crippen LogP contribution in [0.1, 0.15) is 16.1 Å². The van der Waals surface area contributed by atoms with E-state index in [1.54, 1.807) is 12.4 Å². The van der Waals surface area contributed by atoms with Gasteiger partial charge in [-0.05, 0) is 36.2 Å². The molecular weight excluding hydrogens is 358 g/mol. The van der Waals surface area contributed by atoms with Crippen molar-refractivity contribution in [3.05, 3.63) is 54.0 Å². The zero-order valence-corrected chi connectivity index (χ0v) is 16.2. The van der Waals surface area contributed by atoms with Crippen LogP contribution in [0.4, 0.5) is 5.69 Å². The number of pyridine rings is 1. The zero-order valence-electron chi connectivity index (χ0n) is 15.4. The lowest BCUT2D eigenvalue weighted by Crippen LogP contribution is -2.34. The zero-order chi connectivity index (χ0) is 18.6. The van der Waals surface area contributed by atoms with Crippen LogP contribution in [-0.2, 0) is 13.5 Å². The molecule has 0 spiro atoms. The van der Waals surface area contributed by atoms with Gasteiger partial charge in [-0.15, -0.1) is 0 Å². The van der Waals surface area contributed by atoms with E-state index in [0.29, 0.717) is 11.3 Å². The lowest BCUT2D eigenvalue weighted by molar-refractivity contribution is 0.102. The quantitative estimate of drug-likeness (QED) is 0.736. The molecular formula is C20H23N5OS. The standard InChI is InChI=1S/C20H23N5OS/c1-24-14-21-17-6-7-18(23-19(17)24)20(26)22-16-4-2-15(3-5-16)8-9-25-10-12-27-13-11-25/h2-7,14H,8-13H2,1H3,(H,22,26). The topological polar surface area (TPSA) is 63.1 Å². The summed E-state index contributed by atoms with van der Waals surface area (Å²) in [6.45, 7) is 3.47. The number of rotatable bonds is 5. The van der Waals surface area contributed by atoms with Gasteiger partial charge in [0, 0.05) is 43.9 Å². The molecule has 6 nitrogen and oxygen atoms in total. The Morgan fingerprint density at radius 2 is 1.93 bits per heavy atom. The molecule has 0 unspecified atom stereocenters. The van der Waals surface area contributed by atoms with Gasteiger partial charge in [0.25, 0.3) is 5.91 Å². The van der Waals surface area contributed by atoms with Crippen molar-refractivity contribution < 1.29 is 4.79 Å². The minimum Gasteiger partial charge on any atom is -0.321 e. The largest absolute Gasteiger partial charge is 0.321 e. The molecule has 0 bridgehead atoms. The number of hydrogen-bond donors (Lipinski definition) is 1. The highest BCUT2D eigenvalue weighted by molar-refractivity contribution is 7.99. The number of benzene rings is 1. The summed E-state index contributed by atoms with van der Waals surface area (Å²) >= 11 is 2.04. The Balaban J connectivity index is 1.36. The SMILES string of the molecule is Cn1cnc2ccc(C(=O)Nc3ccc(CCN4CCSCC4)cc3)nc21. The Bertz CT molecular complexity index is 931. The van der Waals surface area contributed by atoms with Crippen molar-refractivity contribution in [2.75, 3.05) is 36.5 Å². The van der Waals surface area contributed by atoms with Gasteiger partial charge in [0.15, 0.2) is 5.65 Å². The second kappa shape index (κ2) is 8.10. The number of nitrogens with zero attached hydrogens (tertiary/aromatic N) is 4. The maximum atomic E-state index is 12.5. The van der Waals surface area contributed by atoms with Crippen LogP contribution in [0.25, 0.3) is 11.2 Å². The number of aromatic nitrogens is 3. The molecule has 1 aliphatic rings. The van der Waals surface area contributed by atoms with Crippen molar-refractivity contribution in [1.82, 2.24) is 19.4 Å². The average Bonchev–Trinajstić information content (AvgIpc) is 3.08. The number of aryl methyl sites for hydroxylation is 1. The van der Waals surface area contributed by atoms with E-state index in [2.05, 4.69) is 32.3 Å². The molecule has 3 aromatic rings. The van der Waals surface area contributed by atoms with Gasteiger partial charge in [-0.3, -0.25) is 4.79 Å². The van der Waals surface area contributed by atoms with E-state index < -0.39 is 0 Å². The third-order valence-corrected chi connectivity index (χ3v) is 5.77. The normalized spacial score (nSPS) is 15.1. The van der Waals surface area contributed by atoms with Gasteiger partial charge < -0.3 is 14.8 Å². The van der Waals surface area contributed by atoms with Gasteiger partial charge in [-0.25, -0.2) is 9.97 Å². The molecule has 140 valence electrons. The maximum absolute atomic E-state index is 12.5. The van der Waals surface area contributed by atoms with E-state index in [0.717, 1.165) is 24.2 Å². The van der Waals surface area contributed by atoms with Crippen molar-refractivity contribution in [2.45, 2.75) is 6.42 Å². The van der Waals surface area contributed by atoms with Crippen LogP contribution in [0.5, 0.6) is 0 Å². The minimum atomic E-state index is -0.211. The van der Waals surface area contributed by atoms with Gasteiger partial charge in [-0.1, -0.05) is 12.1 Å². The maximum Gasteiger partial charge on any atom is 0.274 e. The Kier molecular flexibility index (Phi) is 5.40. The lowest BCUT2D eigenvalue weighted by atomic mass is 10.1. The van der Waals surface area contributed by atoms with Crippen LogP contribution in [0, 0.1) is 0 Å². The Morgan fingerprint density at radius 1 is 1.15 bits per heavy atom. The van der Waals surface area contributed by atoms with Crippen LogP contribution < -0.4 is 5.32 Å². The van der Waals surface area contributed by atoms with Crippen molar-refractivity contribution in [1.29, 1.82) is 0 Å². The number of anilines is 1. The van der Waals surface area contributed by atoms with Crippen molar-refractivity contribution >= 4 is 34.5 Å². The van der Waals surface area contributed by atoms with E-state index in [1.807, 2.05) is 41.6 Å². The third kappa shape index (κ3) is 4.31. The number of carbonyl (C=O) groups is 1. The summed E-state index contributed by atoms with van der Waals surface area (Å²) in [4.78, 5) is 23.7. The van der Waals surface area contributed by atoms with Gasteiger partial charge in [0.1, 0.15) is 11.2 Å². The molecule has 2 aromatic heterocycles. The predicted octanol–water partition coefficient (Wildman–Crippen LogP) is 2.81. The minimum absolute atomic E-state index is 0.211. The predicted molar refractivity (Wildman–Crippen MR) is 110 cm³/mol. The summed E-state index contributed by atoms with van der Waals surface area (Å²) in [5.41, 5.74) is 3.95. The van der Waals surface area contributed by atoms with Crippen LogP contribution in [0.15, 0.2) is 42.7 Å². The van der Waals surface area contributed by atoms with Crippen LogP contribution in [0.2, 0.25) is 0 Å². The first-order chi connectivity index (χ1) is 13.2. The summed E-state index contributed by atoms with van der Waals surface area (Å²) in [5.74, 6) is 2.27. The first-order valence-electron chi connectivity index (χ1n) is 9.17. The highest BCUT2D eigenvalue weighted by atomic mass is 32.2. The van der Waals surface area contributed by atoms with E-state index >= 15 is 0 Å². The smallest absolute Gasteiger partial charge is 0.274 e. The number of fused-ring (bicyclic) bond motifs is 1. The first kappa shape index (κ1) is 18.0. The molecule has 0 radical (unpaired) electrons. The summed E-state index contributed by atoms with van der Waals surface area (Å²) < 4.78 is 1.81. The van der Waals surface area contributed by atoms with Crippen molar-refractivity contribution in [3.8, 4) is 0 Å². The molecule has 0 atom stereocenters. The fraction of sp³-hybridized carbons (Fsp3) is 0.350. The molecule has 7 heteroatoms. The number of thioether (sulfide) groups is 1. The Labute approximate surface area is 163 Å². The molecule has 1 aliphatic heterocycles. The number of nitrogens with one attached hydrogen (secondary N) is 1. The molecule has 0 aliphatic carbocycles. The molecule has 1 fully saturated rings. The van der Waals surface area contributed by atoms with Crippen LogP contribution >= 0.6 is 11.8 Å². The molecule has 1 aromatic carbocycles. The molecule has 1 N–H and O–H groups in total. The molecule has 4 rings (SSSR count). The molecule has 0 saturated carbocycles. The number of amides is 1. The Hall–Kier alpha value is -2.38. The summed E-state index contributed by atoms with van der Waals surface area (Å²) in [7, 11) is 1.87. The Morgan fingerprint density at radius 3 is 2.70 bits per heavy atom. The highest BCUT2D eigenvalue weighted by Gasteiger charge is 2.12. The van der Waals surface area contributed by atoms with Crippen molar-refractivity contribution in [3.63, 3.8) is 0 Å². The van der Waals surface area contributed by atoms with Crippen LogP contribution in [-0.4, -0.2) is 56.5 Å². The summed E-state index contributed by atoms with van der Waals surface area (Å²) in [6, 6.07) is 11.6. The summed E-state index contributed by atoms with van der Waals surface area (Å²) in [5, 5.41) is 2.92. The monoisotopic (exact) mass is 381 g/mol. The highest BCUT2D eigenvalue weighted by Crippen LogP contribution is 2.15. The number of hydrogen-bond acceptors (Lipinski definition) is 5. The number of imidazole rings is 1. The first-order valence-corrected chi connectivity index (χ1v) is 10.3.